The van der Waals surface area contributed by atoms with Gasteiger partial charge in [0.05, 0.1) is 16.1 Å². The van der Waals surface area contributed by atoms with Crippen molar-refractivity contribution in [3.63, 3.8) is 0 Å². The second kappa shape index (κ2) is 6.68. The first-order valence-corrected chi connectivity index (χ1v) is 9.21. The van der Waals surface area contributed by atoms with Crippen LogP contribution in [-0.2, 0) is 0 Å². The molecule has 5 rings (SSSR count). The second-order valence-electron chi connectivity index (χ2n) is 6.48. The number of nitrogens with zero attached hydrogens (tertiary/aromatic N) is 5. The van der Waals surface area contributed by atoms with Crippen LogP contribution in [-0.4, -0.2) is 35.5 Å². The molecule has 142 valence electrons. The first-order chi connectivity index (χ1) is 14.1. The smallest absolute Gasteiger partial charge is 0.295 e. The van der Waals surface area contributed by atoms with Crippen LogP contribution in [0.3, 0.4) is 0 Å². The van der Waals surface area contributed by atoms with Gasteiger partial charge >= 0.3 is 0 Å². The van der Waals surface area contributed by atoms with Gasteiger partial charge in [-0.25, -0.2) is 14.5 Å². The highest BCUT2D eigenvalue weighted by molar-refractivity contribution is 6.33. The summed E-state index contributed by atoms with van der Waals surface area (Å²) in [4.78, 5) is 28.7. The van der Waals surface area contributed by atoms with Gasteiger partial charge in [-0.05, 0) is 43.3 Å². The summed E-state index contributed by atoms with van der Waals surface area (Å²) >= 11 is 6.26. The molecular formula is C20H14ClN7O. The van der Waals surface area contributed by atoms with Gasteiger partial charge < -0.3 is 10.3 Å². The van der Waals surface area contributed by atoms with Crippen molar-refractivity contribution in [2.45, 2.75) is 6.92 Å². The Kier molecular flexibility index (Phi) is 3.99. The zero-order valence-electron chi connectivity index (χ0n) is 15.2. The Labute approximate surface area is 169 Å². The van der Waals surface area contributed by atoms with E-state index in [1.54, 1.807) is 24.4 Å². The summed E-state index contributed by atoms with van der Waals surface area (Å²) in [6, 6.07) is 14.7. The van der Waals surface area contributed by atoms with Crippen molar-refractivity contribution in [1.82, 2.24) is 29.5 Å². The van der Waals surface area contributed by atoms with E-state index in [1.165, 1.54) is 4.52 Å². The Morgan fingerprint density at radius 3 is 2.83 bits per heavy atom. The van der Waals surface area contributed by atoms with Gasteiger partial charge in [-0.1, -0.05) is 23.7 Å². The number of carbonyl (C=O) groups excluding carboxylic acids is 1. The van der Waals surface area contributed by atoms with Gasteiger partial charge in [-0.3, -0.25) is 4.79 Å². The summed E-state index contributed by atoms with van der Waals surface area (Å²) in [7, 11) is 0. The number of anilines is 1. The number of hydrogen-bond acceptors (Lipinski definition) is 5. The molecule has 8 nitrogen and oxygen atoms in total. The molecule has 0 atom stereocenters. The van der Waals surface area contributed by atoms with E-state index in [-0.39, 0.29) is 5.82 Å². The lowest BCUT2D eigenvalue weighted by Crippen LogP contribution is -2.14. The lowest BCUT2D eigenvalue weighted by molar-refractivity contribution is 0.101. The SMILES string of the molecule is Cc1ccnc2nc(C(=O)Nc3ccc4nc(-c5ccccc5Cl)[nH]c4c3)nn12. The maximum atomic E-state index is 12.6. The van der Waals surface area contributed by atoms with E-state index in [9.17, 15) is 4.79 Å². The normalized spacial score (nSPS) is 11.2. The van der Waals surface area contributed by atoms with Gasteiger partial charge in [0.25, 0.3) is 11.7 Å². The number of aromatic nitrogens is 6. The molecule has 0 radical (unpaired) electrons. The molecule has 3 aromatic heterocycles. The first kappa shape index (κ1) is 17.3. The molecule has 0 saturated heterocycles. The number of fused-ring (bicyclic) bond motifs is 2. The lowest BCUT2D eigenvalue weighted by atomic mass is 10.2. The molecule has 29 heavy (non-hydrogen) atoms. The molecule has 9 heteroatoms. The molecule has 0 aliphatic rings. The molecule has 0 saturated carbocycles. The summed E-state index contributed by atoms with van der Waals surface area (Å²) in [5.74, 6) is 0.676. The van der Waals surface area contributed by atoms with Crippen LogP contribution < -0.4 is 5.32 Å². The quantitative estimate of drug-likeness (QED) is 0.476. The number of benzene rings is 2. The Bertz CT molecular complexity index is 1390. The second-order valence-corrected chi connectivity index (χ2v) is 6.89. The summed E-state index contributed by atoms with van der Waals surface area (Å²) in [6.07, 6.45) is 1.63. The molecular weight excluding hydrogens is 390 g/mol. The maximum Gasteiger partial charge on any atom is 0.295 e. The molecule has 3 heterocycles. The Morgan fingerprint density at radius 1 is 1.14 bits per heavy atom. The van der Waals surface area contributed by atoms with E-state index in [1.807, 2.05) is 37.3 Å². The third-order valence-electron chi connectivity index (χ3n) is 4.50. The average molecular weight is 404 g/mol. The van der Waals surface area contributed by atoms with Crippen LogP contribution in [0.2, 0.25) is 5.02 Å². The van der Waals surface area contributed by atoms with Crippen LogP contribution in [0.25, 0.3) is 28.2 Å². The number of aromatic amines is 1. The van der Waals surface area contributed by atoms with Crippen molar-refractivity contribution >= 4 is 40.0 Å². The van der Waals surface area contributed by atoms with Crippen LogP contribution in [0.5, 0.6) is 0 Å². The standard InChI is InChI=1S/C20H14ClN7O/c1-11-8-9-22-20-26-18(27-28(11)20)19(29)23-12-6-7-15-16(10-12)25-17(24-15)13-4-2-3-5-14(13)21/h2-10H,1H3,(H,23,29)(H,24,25). The average Bonchev–Trinajstić information content (AvgIpc) is 3.33. The van der Waals surface area contributed by atoms with E-state index >= 15 is 0 Å². The summed E-state index contributed by atoms with van der Waals surface area (Å²) in [5, 5.41) is 7.65. The number of amides is 1. The van der Waals surface area contributed by atoms with Gasteiger partial charge in [0, 0.05) is 23.1 Å². The van der Waals surface area contributed by atoms with E-state index < -0.39 is 5.91 Å². The fourth-order valence-electron chi connectivity index (χ4n) is 3.06. The van der Waals surface area contributed by atoms with Gasteiger partial charge in [-0.15, -0.1) is 5.10 Å². The van der Waals surface area contributed by atoms with Crippen molar-refractivity contribution in [3.8, 4) is 11.4 Å². The maximum absolute atomic E-state index is 12.6. The molecule has 0 bridgehead atoms. The molecule has 2 aromatic carbocycles. The third kappa shape index (κ3) is 3.09. The van der Waals surface area contributed by atoms with Gasteiger partial charge in [-0.2, -0.15) is 4.98 Å². The van der Waals surface area contributed by atoms with Crippen LogP contribution in [0.1, 0.15) is 16.3 Å². The van der Waals surface area contributed by atoms with Gasteiger partial charge in [0.2, 0.25) is 5.82 Å². The highest BCUT2D eigenvalue weighted by atomic mass is 35.5. The summed E-state index contributed by atoms with van der Waals surface area (Å²) < 4.78 is 1.53. The Hall–Kier alpha value is -3.78. The number of carbonyl (C=O) groups is 1. The molecule has 0 aliphatic carbocycles. The first-order valence-electron chi connectivity index (χ1n) is 8.83. The van der Waals surface area contributed by atoms with Crippen molar-refractivity contribution < 1.29 is 4.79 Å². The van der Waals surface area contributed by atoms with Gasteiger partial charge in [0.1, 0.15) is 5.82 Å². The number of halogens is 1. The molecule has 0 aliphatic heterocycles. The summed E-state index contributed by atoms with van der Waals surface area (Å²) in [5.41, 5.74) is 3.79. The molecule has 0 fully saturated rings. The number of imidazole rings is 1. The van der Waals surface area contributed by atoms with Crippen molar-refractivity contribution in [2.75, 3.05) is 5.32 Å². The monoisotopic (exact) mass is 403 g/mol. The van der Waals surface area contributed by atoms with Gasteiger partial charge in [0.15, 0.2) is 0 Å². The number of aryl methyl sites for hydroxylation is 1. The number of H-pyrrole nitrogens is 1. The van der Waals surface area contributed by atoms with Crippen LogP contribution >= 0.6 is 11.6 Å². The van der Waals surface area contributed by atoms with Crippen molar-refractivity contribution in [1.29, 1.82) is 0 Å². The Morgan fingerprint density at radius 2 is 2.00 bits per heavy atom. The highest BCUT2D eigenvalue weighted by Crippen LogP contribution is 2.28. The predicted octanol–water partition coefficient (Wildman–Crippen LogP) is 3.88. The van der Waals surface area contributed by atoms with E-state index in [4.69, 9.17) is 11.6 Å². The van der Waals surface area contributed by atoms with E-state index in [0.29, 0.717) is 22.3 Å². The van der Waals surface area contributed by atoms with Crippen LogP contribution in [0.15, 0.2) is 54.7 Å². The Balaban J connectivity index is 1.45. The number of hydrogen-bond donors (Lipinski definition) is 2. The number of rotatable bonds is 3. The zero-order valence-corrected chi connectivity index (χ0v) is 16.0. The third-order valence-corrected chi connectivity index (χ3v) is 4.83. The summed E-state index contributed by atoms with van der Waals surface area (Å²) in [6.45, 7) is 1.87. The molecule has 0 unspecified atom stereocenters. The molecule has 2 N–H and O–H groups in total. The minimum absolute atomic E-state index is 0.0493. The minimum Gasteiger partial charge on any atom is -0.338 e. The fourth-order valence-corrected chi connectivity index (χ4v) is 3.28. The predicted molar refractivity (Wildman–Crippen MR) is 110 cm³/mol. The highest BCUT2D eigenvalue weighted by Gasteiger charge is 2.15. The minimum atomic E-state index is -0.417. The van der Waals surface area contributed by atoms with E-state index in [2.05, 4.69) is 30.4 Å². The molecule has 5 aromatic rings. The zero-order chi connectivity index (χ0) is 20.0. The number of nitrogens with one attached hydrogen (secondary N) is 2. The van der Waals surface area contributed by atoms with Crippen molar-refractivity contribution in [2.24, 2.45) is 0 Å². The van der Waals surface area contributed by atoms with Crippen LogP contribution in [0, 0.1) is 6.92 Å². The molecule has 0 spiro atoms. The fraction of sp³-hybridized carbons (Fsp3) is 0.0500. The van der Waals surface area contributed by atoms with E-state index in [0.717, 1.165) is 22.3 Å². The largest absolute Gasteiger partial charge is 0.338 e. The van der Waals surface area contributed by atoms with Crippen molar-refractivity contribution in [3.05, 3.63) is 71.3 Å². The topological polar surface area (TPSA) is 101 Å². The molecule has 1 amide bonds. The van der Waals surface area contributed by atoms with Crippen LogP contribution in [0.4, 0.5) is 5.69 Å². The lowest BCUT2D eigenvalue weighted by Gasteiger charge is -2.02.